The highest BCUT2D eigenvalue weighted by Crippen LogP contribution is 2.31. The normalized spacial score (nSPS) is 20.7. The molecule has 2 heterocycles. The third-order valence-electron chi connectivity index (χ3n) is 3.88. The molecule has 122 valence electrons. The molecule has 1 aromatic heterocycles. The van der Waals surface area contributed by atoms with E-state index >= 15 is 0 Å². The molecule has 1 amide bonds. The lowest BCUT2D eigenvalue weighted by Crippen LogP contribution is -2.43. The van der Waals surface area contributed by atoms with Crippen LogP contribution in [0.2, 0.25) is 5.02 Å². The highest BCUT2D eigenvalue weighted by Gasteiger charge is 2.33. The predicted molar refractivity (Wildman–Crippen MR) is 84.4 cm³/mol. The van der Waals surface area contributed by atoms with Gasteiger partial charge in [-0.05, 0) is 13.0 Å². The van der Waals surface area contributed by atoms with Gasteiger partial charge in [-0.3, -0.25) is 4.79 Å². The molecule has 0 bridgehead atoms. The molecule has 23 heavy (non-hydrogen) atoms. The quantitative estimate of drug-likeness (QED) is 0.894. The number of hydrogen-bond donors (Lipinski definition) is 2. The van der Waals surface area contributed by atoms with Crippen molar-refractivity contribution in [2.45, 2.75) is 18.9 Å². The minimum atomic E-state index is -1.02. The summed E-state index contributed by atoms with van der Waals surface area (Å²) in [5.41, 5.74) is 0.311. The molecule has 6 nitrogen and oxygen atoms in total. The van der Waals surface area contributed by atoms with Crippen molar-refractivity contribution in [3.05, 3.63) is 40.6 Å². The van der Waals surface area contributed by atoms with Crippen LogP contribution in [0.4, 0.5) is 0 Å². The molecule has 2 N–H and O–H groups in total. The van der Waals surface area contributed by atoms with Crippen molar-refractivity contribution in [2.75, 3.05) is 19.8 Å². The molecular weight excluding hydrogens is 320 g/mol. The fraction of sp³-hybridized carbons (Fsp3) is 0.375. The van der Waals surface area contributed by atoms with E-state index in [9.17, 15) is 9.90 Å². The summed E-state index contributed by atoms with van der Waals surface area (Å²) in [6.45, 7) is 2.48. The summed E-state index contributed by atoms with van der Waals surface area (Å²) in [5, 5.41) is 17.4. The number of aromatic nitrogens is 1. The van der Waals surface area contributed by atoms with Crippen LogP contribution >= 0.6 is 11.6 Å². The maximum Gasteiger partial charge on any atom is 0.257 e. The number of nitrogens with zero attached hydrogens (tertiary/aromatic N) is 1. The molecule has 1 aliphatic heterocycles. The number of aliphatic hydroxyl groups is 1. The third-order valence-corrected chi connectivity index (χ3v) is 4.21. The van der Waals surface area contributed by atoms with Gasteiger partial charge in [0.15, 0.2) is 0 Å². The van der Waals surface area contributed by atoms with Gasteiger partial charge in [0.25, 0.3) is 5.91 Å². The second-order valence-electron chi connectivity index (χ2n) is 5.65. The van der Waals surface area contributed by atoms with E-state index in [2.05, 4.69) is 10.5 Å². The maximum absolute atomic E-state index is 12.5. The standard InChI is InChI=1S/C16H17ClN2O4/c1-10-13(15(20)18-8-16(21)6-7-22-9-16)14(19-23-10)11-4-2-3-5-12(11)17/h2-5,21H,6-9H2,1H3,(H,18,20)/t16-/m1/s1. The Morgan fingerprint density at radius 3 is 2.96 bits per heavy atom. The predicted octanol–water partition coefficient (Wildman–Crippen LogP) is 2.18. The summed E-state index contributed by atoms with van der Waals surface area (Å²) >= 11 is 6.18. The monoisotopic (exact) mass is 336 g/mol. The van der Waals surface area contributed by atoms with Crippen LogP contribution in [0.5, 0.6) is 0 Å². The Labute approximate surface area is 138 Å². The number of nitrogens with one attached hydrogen (secondary N) is 1. The van der Waals surface area contributed by atoms with Crippen LogP contribution in [-0.4, -0.2) is 41.5 Å². The number of amides is 1. The summed E-state index contributed by atoms with van der Waals surface area (Å²) in [6, 6.07) is 7.11. The second-order valence-corrected chi connectivity index (χ2v) is 6.06. The molecule has 0 saturated carbocycles. The van der Waals surface area contributed by atoms with E-state index in [1.165, 1.54) is 0 Å². The van der Waals surface area contributed by atoms with E-state index in [4.69, 9.17) is 20.9 Å². The lowest BCUT2D eigenvalue weighted by atomic mass is 10.0. The van der Waals surface area contributed by atoms with Gasteiger partial charge in [0.2, 0.25) is 0 Å². The first kappa shape index (κ1) is 16.0. The number of benzene rings is 1. The lowest BCUT2D eigenvalue weighted by Gasteiger charge is -2.20. The molecule has 1 atom stereocenters. The first-order valence-electron chi connectivity index (χ1n) is 7.30. The topological polar surface area (TPSA) is 84.6 Å². The molecule has 0 radical (unpaired) electrons. The highest BCUT2D eigenvalue weighted by molar-refractivity contribution is 6.33. The van der Waals surface area contributed by atoms with Crippen molar-refractivity contribution < 1.29 is 19.2 Å². The first-order valence-corrected chi connectivity index (χ1v) is 7.67. The van der Waals surface area contributed by atoms with Gasteiger partial charge in [-0.2, -0.15) is 0 Å². The fourth-order valence-corrected chi connectivity index (χ4v) is 2.77. The van der Waals surface area contributed by atoms with E-state index < -0.39 is 5.60 Å². The van der Waals surface area contributed by atoms with Crippen LogP contribution in [0.3, 0.4) is 0 Å². The number of hydrogen-bond acceptors (Lipinski definition) is 5. The Hall–Kier alpha value is -1.89. The van der Waals surface area contributed by atoms with Crippen LogP contribution < -0.4 is 5.32 Å². The minimum Gasteiger partial charge on any atom is -0.386 e. The average molecular weight is 337 g/mol. The summed E-state index contributed by atoms with van der Waals surface area (Å²) < 4.78 is 10.3. The van der Waals surface area contributed by atoms with Crippen LogP contribution in [0.1, 0.15) is 22.5 Å². The largest absolute Gasteiger partial charge is 0.386 e. The summed E-state index contributed by atoms with van der Waals surface area (Å²) in [6.07, 6.45) is 0.493. The average Bonchev–Trinajstić information content (AvgIpc) is 3.12. The van der Waals surface area contributed by atoms with Crippen molar-refractivity contribution in [3.8, 4) is 11.3 Å². The maximum atomic E-state index is 12.5. The van der Waals surface area contributed by atoms with Gasteiger partial charge in [-0.1, -0.05) is 35.0 Å². The van der Waals surface area contributed by atoms with E-state index in [0.717, 1.165) is 0 Å². The SMILES string of the molecule is Cc1onc(-c2ccccc2Cl)c1C(=O)NC[C@]1(O)CCOC1. The highest BCUT2D eigenvalue weighted by atomic mass is 35.5. The minimum absolute atomic E-state index is 0.110. The van der Waals surface area contributed by atoms with E-state index in [0.29, 0.717) is 40.6 Å². The van der Waals surface area contributed by atoms with Crippen LogP contribution in [0.25, 0.3) is 11.3 Å². The Morgan fingerprint density at radius 1 is 1.48 bits per heavy atom. The Bertz CT molecular complexity index is 723. The number of ether oxygens (including phenoxy) is 1. The molecular formula is C16H17ClN2O4. The van der Waals surface area contributed by atoms with Crippen LogP contribution in [0.15, 0.2) is 28.8 Å². The zero-order valence-electron chi connectivity index (χ0n) is 12.6. The number of carbonyl (C=O) groups is 1. The van der Waals surface area contributed by atoms with E-state index in [1.54, 1.807) is 25.1 Å². The molecule has 7 heteroatoms. The molecule has 2 aromatic rings. The molecule has 1 aliphatic rings. The molecule has 1 aromatic carbocycles. The van der Waals surface area contributed by atoms with Gasteiger partial charge in [0.05, 0.1) is 11.6 Å². The summed E-state index contributed by atoms with van der Waals surface area (Å²) in [4.78, 5) is 12.5. The van der Waals surface area contributed by atoms with Gasteiger partial charge >= 0.3 is 0 Å². The van der Waals surface area contributed by atoms with Crippen molar-refractivity contribution in [1.82, 2.24) is 10.5 Å². The molecule has 1 saturated heterocycles. The smallest absolute Gasteiger partial charge is 0.257 e. The van der Waals surface area contributed by atoms with Gasteiger partial charge < -0.3 is 19.7 Å². The number of rotatable bonds is 4. The Morgan fingerprint density at radius 2 is 2.26 bits per heavy atom. The molecule has 0 unspecified atom stereocenters. The fourth-order valence-electron chi connectivity index (χ4n) is 2.55. The van der Waals surface area contributed by atoms with Gasteiger partial charge in [0, 0.05) is 25.1 Å². The second kappa shape index (κ2) is 6.31. The van der Waals surface area contributed by atoms with Gasteiger partial charge in [-0.15, -0.1) is 0 Å². The van der Waals surface area contributed by atoms with Crippen LogP contribution in [-0.2, 0) is 4.74 Å². The zero-order valence-corrected chi connectivity index (χ0v) is 13.4. The number of halogens is 1. The summed E-state index contributed by atoms with van der Waals surface area (Å²) in [5.74, 6) is 0.0334. The van der Waals surface area contributed by atoms with Gasteiger partial charge in [0.1, 0.15) is 22.6 Å². The Kier molecular flexibility index (Phi) is 4.39. The zero-order chi connectivity index (χ0) is 16.4. The molecule has 0 aliphatic carbocycles. The Balaban J connectivity index is 1.84. The summed E-state index contributed by atoms with van der Waals surface area (Å²) in [7, 11) is 0. The van der Waals surface area contributed by atoms with Crippen molar-refractivity contribution in [1.29, 1.82) is 0 Å². The van der Waals surface area contributed by atoms with E-state index in [-0.39, 0.29) is 19.1 Å². The van der Waals surface area contributed by atoms with E-state index in [1.807, 2.05) is 6.07 Å². The first-order chi connectivity index (χ1) is 11.0. The van der Waals surface area contributed by atoms with Crippen LogP contribution in [0, 0.1) is 6.92 Å². The van der Waals surface area contributed by atoms with Crippen molar-refractivity contribution >= 4 is 17.5 Å². The third kappa shape index (κ3) is 3.24. The number of aryl methyl sites for hydroxylation is 1. The number of carbonyl (C=O) groups excluding carboxylic acids is 1. The molecule has 1 fully saturated rings. The van der Waals surface area contributed by atoms with Gasteiger partial charge in [-0.25, -0.2) is 0 Å². The lowest BCUT2D eigenvalue weighted by molar-refractivity contribution is 0.0264. The van der Waals surface area contributed by atoms with Crippen molar-refractivity contribution in [3.63, 3.8) is 0 Å². The molecule has 3 rings (SSSR count). The van der Waals surface area contributed by atoms with Crippen molar-refractivity contribution in [2.24, 2.45) is 0 Å². The molecule has 0 spiro atoms.